The Bertz CT molecular complexity index is 676. The summed E-state index contributed by atoms with van der Waals surface area (Å²) in [7, 11) is 1.61. The van der Waals surface area contributed by atoms with Gasteiger partial charge in [0.25, 0.3) is 0 Å². The maximum absolute atomic E-state index is 12.2. The molecule has 23 heavy (non-hydrogen) atoms. The van der Waals surface area contributed by atoms with Gasteiger partial charge in [-0.05, 0) is 18.6 Å². The van der Waals surface area contributed by atoms with Crippen LogP contribution in [0.4, 0.5) is 0 Å². The Hall–Kier alpha value is -2.34. The molecule has 0 aromatic carbocycles. The molecule has 0 saturated carbocycles. The third-order valence-electron chi connectivity index (χ3n) is 4.09. The Morgan fingerprint density at radius 3 is 2.96 bits per heavy atom. The summed E-state index contributed by atoms with van der Waals surface area (Å²) in [5.41, 5.74) is 4.07. The Morgan fingerprint density at radius 2 is 2.17 bits per heavy atom. The fourth-order valence-corrected chi connectivity index (χ4v) is 2.87. The van der Waals surface area contributed by atoms with Gasteiger partial charge in [0, 0.05) is 55.8 Å². The lowest BCUT2D eigenvalue weighted by Crippen LogP contribution is -2.33. The van der Waals surface area contributed by atoms with Gasteiger partial charge in [-0.3, -0.25) is 9.78 Å². The minimum absolute atomic E-state index is 0.135. The number of aromatic nitrogens is 3. The largest absolute Gasteiger partial charge is 0.384 e. The molecule has 1 amide bonds. The van der Waals surface area contributed by atoms with Gasteiger partial charge < -0.3 is 9.64 Å². The van der Waals surface area contributed by atoms with Gasteiger partial charge in [0.05, 0.1) is 18.7 Å². The normalized spacial score (nSPS) is 14.2. The second kappa shape index (κ2) is 7.28. The maximum Gasteiger partial charge on any atom is 0.224 e. The summed E-state index contributed by atoms with van der Waals surface area (Å²) in [6.45, 7) is 1.85. The number of hydrogen-bond acceptors (Lipinski definition) is 5. The topological polar surface area (TPSA) is 68.2 Å². The summed E-state index contributed by atoms with van der Waals surface area (Å²) in [5, 5.41) is 0. The molecule has 0 N–H and O–H groups in total. The molecule has 0 fully saturated rings. The first-order valence-electron chi connectivity index (χ1n) is 7.79. The molecule has 3 rings (SSSR count). The quantitative estimate of drug-likeness (QED) is 0.856. The van der Waals surface area contributed by atoms with E-state index < -0.39 is 0 Å². The molecule has 2 aromatic heterocycles. The van der Waals surface area contributed by atoms with Crippen LogP contribution in [-0.4, -0.2) is 52.6 Å². The number of amides is 1. The van der Waals surface area contributed by atoms with Crippen LogP contribution in [0.2, 0.25) is 0 Å². The summed E-state index contributed by atoms with van der Waals surface area (Å²) in [5.74, 6) is 0.135. The van der Waals surface area contributed by atoms with Gasteiger partial charge in [-0.25, -0.2) is 9.97 Å². The highest BCUT2D eigenvalue weighted by Gasteiger charge is 2.21. The van der Waals surface area contributed by atoms with Gasteiger partial charge in [-0.15, -0.1) is 0 Å². The number of pyridine rings is 1. The van der Waals surface area contributed by atoms with Gasteiger partial charge in [0.1, 0.15) is 6.33 Å². The number of fused-ring (bicyclic) bond motifs is 1. The van der Waals surface area contributed by atoms with Crippen molar-refractivity contribution in [3.63, 3.8) is 0 Å². The van der Waals surface area contributed by atoms with E-state index in [4.69, 9.17) is 4.74 Å². The van der Waals surface area contributed by atoms with Gasteiger partial charge in [-0.1, -0.05) is 0 Å². The summed E-state index contributed by atoms with van der Waals surface area (Å²) >= 11 is 0. The van der Waals surface area contributed by atoms with E-state index in [0.29, 0.717) is 26.1 Å². The molecule has 3 heterocycles. The van der Waals surface area contributed by atoms with E-state index in [-0.39, 0.29) is 5.91 Å². The number of carbonyl (C=O) groups excluding carboxylic acids is 1. The number of methoxy groups -OCH3 is 1. The molecule has 2 aromatic rings. The summed E-state index contributed by atoms with van der Waals surface area (Å²) < 4.78 is 5.00. The highest BCUT2D eigenvalue weighted by Crippen LogP contribution is 2.25. The van der Waals surface area contributed by atoms with Crippen LogP contribution >= 0.6 is 0 Å². The van der Waals surface area contributed by atoms with E-state index in [2.05, 4.69) is 15.0 Å². The number of nitrogens with zero attached hydrogens (tertiary/aromatic N) is 4. The van der Waals surface area contributed by atoms with Crippen molar-refractivity contribution in [2.45, 2.75) is 19.3 Å². The predicted molar refractivity (Wildman–Crippen MR) is 85.7 cm³/mol. The third kappa shape index (κ3) is 3.53. The average Bonchev–Trinajstić information content (AvgIpc) is 2.83. The van der Waals surface area contributed by atoms with Crippen molar-refractivity contribution in [1.82, 2.24) is 19.9 Å². The zero-order chi connectivity index (χ0) is 16.1. The minimum Gasteiger partial charge on any atom is -0.384 e. The first-order valence-corrected chi connectivity index (χ1v) is 7.79. The molecule has 0 spiro atoms. The van der Waals surface area contributed by atoms with E-state index in [1.807, 2.05) is 23.2 Å². The fraction of sp³-hybridized carbons (Fsp3) is 0.412. The summed E-state index contributed by atoms with van der Waals surface area (Å²) in [6.07, 6.45) is 7.11. The van der Waals surface area contributed by atoms with E-state index in [0.717, 1.165) is 35.4 Å². The van der Waals surface area contributed by atoms with Crippen LogP contribution in [-0.2, 0) is 22.4 Å². The minimum atomic E-state index is 0.135. The zero-order valence-corrected chi connectivity index (χ0v) is 13.2. The molecule has 6 heteroatoms. The fourth-order valence-electron chi connectivity index (χ4n) is 2.87. The van der Waals surface area contributed by atoms with Crippen molar-refractivity contribution >= 4 is 5.91 Å². The number of rotatable bonds is 4. The highest BCUT2D eigenvalue weighted by molar-refractivity contribution is 5.76. The molecule has 1 aliphatic rings. The van der Waals surface area contributed by atoms with Crippen LogP contribution in [0, 0.1) is 0 Å². The molecule has 6 nitrogen and oxygen atoms in total. The van der Waals surface area contributed by atoms with Crippen molar-refractivity contribution < 1.29 is 9.53 Å². The highest BCUT2D eigenvalue weighted by atomic mass is 16.5. The van der Waals surface area contributed by atoms with Crippen LogP contribution < -0.4 is 0 Å². The molecule has 0 saturated heterocycles. The average molecular weight is 312 g/mol. The lowest BCUT2D eigenvalue weighted by Gasteiger charge is -2.19. The summed E-state index contributed by atoms with van der Waals surface area (Å²) in [4.78, 5) is 27.2. The first kappa shape index (κ1) is 15.6. The molecule has 1 aliphatic heterocycles. The molecule has 0 aliphatic carbocycles. The van der Waals surface area contributed by atoms with Crippen molar-refractivity contribution in [3.05, 3.63) is 42.1 Å². The molecule has 0 radical (unpaired) electrons. The standard InChI is InChI=1S/C17H20N4O2/c1-23-10-6-16(22)21-8-4-14-15(5-9-21)19-12-20-17(14)13-3-2-7-18-11-13/h2-3,7,11-12H,4-6,8-10H2,1H3. The van der Waals surface area contributed by atoms with Gasteiger partial charge in [0.15, 0.2) is 0 Å². The lowest BCUT2D eigenvalue weighted by atomic mass is 10.0. The van der Waals surface area contributed by atoms with Crippen molar-refractivity contribution in [1.29, 1.82) is 0 Å². The van der Waals surface area contributed by atoms with E-state index in [1.165, 1.54) is 0 Å². The van der Waals surface area contributed by atoms with Gasteiger partial charge in [0.2, 0.25) is 5.91 Å². The van der Waals surface area contributed by atoms with Crippen LogP contribution in [0.5, 0.6) is 0 Å². The maximum atomic E-state index is 12.2. The van der Waals surface area contributed by atoms with Crippen molar-refractivity contribution in [2.75, 3.05) is 26.8 Å². The number of ether oxygens (including phenoxy) is 1. The molecule has 0 bridgehead atoms. The Labute approximate surface area is 135 Å². The second-order valence-corrected chi connectivity index (χ2v) is 5.51. The second-order valence-electron chi connectivity index (χ2n) is 5.51. The van der Waals surface area contributed by atoms with E-state index in [9.17, 15) is 4.79 Å². The monoisotopic (exact) mass is 312 g/mol. The number of hydrogen-bond donors (Lipinski definition) is 0. The van der Waals surface area contributed by atoms with E-state index >= 15 is 0 Å². The smallest absolute Gasteiger partial charge is 0.224 e. The van der Waals surface area contributed by atoms with Gasteiger partial charge in [-0.2, -0.15) is 0 Å². The van der Waals surface area contributed by atoms with Crippen molar-refractivity contribution in [2.24, 2.45) is 0 Å². The Balaban J connectivity index is 1.82. The molecule has 0 atom stereocenters. The Kier molecular flexibility index (Phi) is 4.92. The van der Waals surface area contributed by atoms with E-state index in [1.54, 1.807) is 19.6 Å². The molecule has 0 unspecified atom stereocenters. The van der Waals surface area contributed by atoms with Crippen LogP contribution in [0.1, 0.15) is 17.7 Å². The number of carbonyl (C=O) groups is 1. The summed E-state index contributed by atoms with van der Waals surface area (Å²) in [6, 6.07) is 3.91. The molecule has 120 valence electrons. The first-order chi connectivity index (χ1) is 11.3. The van der Waals surface area contributed by atoms with Gasteiger partial charge >= 0.3 is 0 Å². The molecular formula is C17H20N4O2. The molecular weight excluding hydrogens is 292 g/mol. The van der Waals surface area contributed by atoms with Crippen LogP contribution in [0.3, 0.4) is 0 Å². The SMILES string of the molecule is COCCC(=O)N1CCc2ncnc(-c3cccnc3)c2CC1. The van der Waals surface area contributed by atoms with Crippen LogP contribution in [0.25, 0.3) is 11.3 Å². The van der Waals surface area contributed by atoms with Crippen LogP contribution in [0.15, 0.2) is 30.9 Å². The Morgan fingerprint density at radius 1 is 1.30 bits per heavy atom. The van der Waals surface area contributed by atoms with Crippen molar-refractivity contribution in [3.8, 4) is 11.3 Å². The lowest BCUT2D eigenvalue weighted by molar-refractivity contribution is -0.132. The predicted octanol–water partition coefficient (Wildman–Crippen LogP) is 1.50. The third-order valence-corrected chi connectivity index (χ3v) is 4.09. The zero-order valence-electron chi connectivity index (χ0n) is 13.2.